The van der Waals surface area contributed by atoms with Crippen LogP contribution in [0.25, 0.3) is 0 Å². The first-order valence-corrected chi connectivity index (χ1v) is 42.3. The highest BCUT2D eigenvalue weighted by Gasteiger charge is 2.30. The van der Waals surface area contributed by atoms with Crippen LogP contribution in [0.4, 0.5) is 0 Å². The van der Waals surface area contributed by atoms with Crippen molar-refractivity contribution >= 4 is 39.5 Å². The van der Waals surface area contributed by atoms with Crippen LogP contribution < -0.4 is 0 Å². The second-order valence-electron chi connectivity index (χ2n) is 27.0. The van der Waals surface area contributed by atoms with Crippen molar-refractivity contribution in [3.63, 3.8) is 0 Å². The van der Waals surface area contributed by atoms with Crippen molar-refractivity contribution in [2.45, 2.75) is 418 Å². The SMILES string of the molecule is CCCCCCCCCCCCCCCCCCCC(=O)O[C@H](COC(=O)CCCCCCCCCCCCCCCCC)COP(=O)(O)OC[C@@H](O)COP(=O)(O)OC[C@@H](COC(=O)CCCCCCCCCCCCC)OC(=O)CCCCCCCCCCCCC. The lowest BCUT2D eigenvalue weighted by Crippen LogP contribution is -2.30. The van der Waals surface area contributed by atoms with E-state index in [2.05, 4.69) is 27.7 Å². The quantitative estimate of drug-likeness (QED) is 0.0222. The van der Waals surface area contributed by atoms with E-state index in [1.807, 2.05) is 0 Å². The summed E-state index contributed by atoms with van der Waals surface area (Å²) in [6.45, 7) is 4.98. The van der Waals surface area contributed by atoms with Crippen LogP contribution in [0.2, 0.25) is 0 Å². The molecule has 0 bridgehead atoms. The predicted octanol–water partition coefficient (Wildman–Crippen LogP) is 22.2. The van der Waals surface area contributed by atoms with Gasteiger partial charge in [0.2, 0.25) is 0 Å². The summed E-state index contributed by atoms with van der Waals surface area (Å²) in [7, 11) is -9.90. The van der Waals surface area contributed by atoms with Crippen LogP contribution in [0.5, 0.6) is 0 Å². The van der Waals surface area contributed by atoms with Crippen molar-refractivity contribution in [2.24, 2.45) is 0 Å². The van der Waals surface area contributed by atoms with Crippen molar-refractivity contribution in [1.82, 2.24) is 0 Å². The average Bonchev–Trinajstić information content (AvgIpc) is 1.25. The highest BCUT2D eigenvalue weighted by Crippen LogP contribution is 2.45. The molecule has 0 aromatic carbocycles. The summed E-state index contributed by atoms with van der Waals surface area (Å²) < 4.78 is 68.5. The van der Waals surface area contributed by atoms with Gasteiger partial charge in [0.1, 0.15) is 19.3 Å². The maximum Gasteiger partial charge on any atom is 0.472 e. The molecule has 0 rings (SSSR count). The summed E-state index contributed by atoms with van der Waals surface area (Å²) in [6.07, 6.45) is 59.5. The Bertz CT molecular complexity index is 1790. The zero-order valence-corrected chi connectivity index (χ0v) is 62.7. The van der Waals surface area contributed by atoms with Crippen LogP contribution >= 0.6 is 15.6 Å². The molecule has 0 fully saturated rings. The molecule has 17 nitrogen and oxygen atoms in total. The lowest BCUT2D eigenvalue weighted by molar-refractivity contribution is -0.161. The number of phosphoric acid groups is 2. The lowest BCUT2D eigenvalue weighted by atomic mass is 10.0. The average molecular weight is 1380 g/mol. The number of carbonyl (C=O) groups is 4. The van der Waals surface area contributed by atoms with Crippen molar-refractivity contribution in [1.29, 1.82) is 0 Å². The molecule has 3 N–H and O–H groups in total. The molecule has 0 saturated carbocycles. The van der Waals surface area contributed by atoms with E-state index >= 15 is 0 Å². The van der Waals surface area contributed by atoms with Gasteiger partial charge in [-0.1, -0.05) is 349 Å². The minimum Gasteiger partial charge on any atom is -0.462 e. The maximum absolute atomic E-state index is 13.1. The first kappa shape index (κ1) is 92.1. The van der Waals surface area contributed by atoms with Gasteiger partial charge in [-0.05, 0) is 25.7 Å². The lowest BCUT2D eigenvalue weighted by Gasteiger charge is -2.21. The molecule has 2 unspecified atom stereocenters. The molecule has 0 heterocycles. The summed E-state index contributed by atoms with van der Waals surface area (Å²) in [4.78, 5) is 72.8. The number of esters is 4. The zero-order chi connectivity index (χ0) is 69.0. The van der Waals surface area contributed by atoms with Gasteiger partial charge in [-0.3, -0.25) is 37.3 Å². The van der Waals surface area contributed by atoms with Crippen LogP contribution in [0.15, 0.2) is 0 Å². The molecular weight excluding hydrogens is 1230 g/mol. The summed E-state index contributed by atoms with van der Waals surface area (Å²) in [5, 5.41) is 10.6. The minimum atomic E-state index is -4.95. The molecule has 5 atom stereocenters. The minimum absolute atomic E-state index is 0.108. The molecule has 0 aromatic heterocycles. The number of ether oxygens (including phenoxy) is 4. The summed E-state index contributed by atoms with van der Waals surface area (Å²) in [6, 6.07) is 0. The fraction of sp³-hybridized carbons (Fsp3) is 0.947. The Morgan fingerprint density at radius 2 is 0.426 bits per heavy atom. The molecular formula is C75H146O17P2. The first-order valence-electron chi connectivity index (χ1n) is 39.3. The second-order valence-corrected chi connectivity index (χ2v) is 29.9. The summed E-state index contributed by atoms with van der Waals surface area (Å²) in [5.74, 6) is -2.11. The molecule has 558 valence electrons. The van der Waals surface area contributed by atoms with E-state index in [1.54, 1.807) is 0 Å². The molecule has 0 amide bonds. The van der Waals surface area contributed by atoms with Gasteiger partial charge >= 0.3 is 39.5 Å². The molecule has 0 aromatic rings. The van der Waals surface area contributed by atoms with E-state index in [9.17, 15) is 43.2 Å². The second kappa shape index (κ2) is 69.5. The number of aliphatic hydroxyl groups excluding tert-OH is 1. The van der Waals surface area contributed by atoms with E-state index in [0.29, 0.717) is 25.7 Å². The van der Waals surface area contributed by atoms with Crippen molar-refractivity contribution < 1.29 is 80.2 Å². The molecule has 19 heteroatoms. The largest absolute Gasteiger partial charge is 0.472 e. The highest BCUT2D eigenvalue weighted by molar-refractivity contribution is 7.47. The van der Waals surface area contributed by atoms with Gasteiger partial charge in [0.05, 0.1) is 26.4 Å². The Labute approximate surface area is 575 Å². The molecule has 0 radical (unpaired) electrons. The van der Waals surface area contributed by atoms with Gasteiger partial charge in [-0.2, -0.15) is 0 Å². The third-order valence-corrected chi connectivity index (χ3v) is 19.5. The number of aliphatic hydroxyl groups is 1. The number of carbonyl (C=O) groups excluding carboxylic acids is 4. The van der Waals surface area contributed by atoms with Gasteiger partial charge < -0.3 is 33.8 Å². The van der Waals surface area contributed by atoms with Crippen LogP contribution in [-0.4, -0.2) is 96.7 Å². The molecule has 0 saturated heterocycles. The van der Waals surface area contributed by atoms with Crippen molar-refractivity contribution in [3.8, 4) is 0 Å². The standard InChI is InChI=1S/C75H146O17P2/c1-5-9-13-17-21-25-29-31-33-34-36-38-42-46-50-54-58-62-75(80)92-71(66-86-73(78)60-56-52-48-44-41-37-35-32-30-26-22-18-14-10-6-2)68-90-94(83,84)88-64-69(76)63-87-93(81,82)89-67-70(91-74(79)61-57-53-49-45-40-28-24-20-16-12-8-4)65-85-72(77)59-55-51-47-43-39-27-23-19-15-11-7-3/h69-71,76H,5-68H2,1-4H3,(H,81,82)(H,83,84)/t69-,70+,71+/m0/s1. The molecule has 94 heavy (non-hydrogen) atoms. The fourth-order valence-corrected chi connectivity index (χ4v) is 13.2. The van der Waals surface area contributed by atoms with Crippen LogP contribution in [0.3, 0.4) is 0 Å². The van der Waals surface area contributed by atoms with Gasteiger partial charge in [0.15, 0.2) is 12.2 Å². The van der Waals surface area contributed by atoms with Crippen LogP contribution in [-0.2, 0) is 65.4 Å². The highest BCUT2D eigenvalue weighted by atomic mass is 31.2. The third-order valence-electron chi connectivity index (χ3n) is 17.6. The Kier molecular flexibility index (Phi) is 68.1. The topological polar surface area (TPSA) is 237 Å². The number of hydrogen-bond donors (Lipinski definition) is 3. The smallest absolute Gasteiger partial charge is 0.462 e. The van der Waals surface area contributed by atoms with Crippen LogP contribution in [0.1, 0.15) is 400 Å². The Balaban J connectivity index is 5.23. The van der Waals surface area contributed by atoms with Gasteiger partial charge in [-0.25, -0.2) is 9.13 Å². The molecule has 0 aliphatic heterocycles. The predicted molar refractivity (Wildman–Crippen MR) is 382 cm³/mol. The normalized spacial score (nSPS) is 13.9. The summed E-state index contributed by atoms with van der Waals surface area (Å²) in [5.41, 5.74) is 0. The van der Waals surface area contributed by atoms with Gasteiger partial charge in [0, 0.05) is 25.7 Å². The maximum atomic E-state index is 13.1. The Morgan fingerprint density at radius 3 is 0.628 bits per heavy atom. The monoisotopic (exact) mass is 1380 g/mol. The molecule has 0 spiro atoms. The Hall–Kier alpha value is -1.94. The van der Waals surface area contributed by atoms with Crippen molar-refractivity contribution in [2.75, 3.05) is 39.6 Å². The van der Waals surface area contributed by atoms with E-state index in [0.717, 1.165) is 89.9 Å². The fourth-order valence-electron chi connectivity index (χ4n) is 11.6. The van der Waals surface area contributed by atoms with Crippen molar-refractivity contribution in [3.05, 3.63) is 0 Å². The van der Waals surface area contributed by atoms with Gasteiger partial charge in [-0.15, -0.1) is 0 Å². The molecule has 0 aliphatic rings. The van der Waals surface area contributed by atoms with E-state index in [1.165, 1.54) is 231 Å². The van der Waals surface area contributed by atoms with E-state index in [4.69, 9.17) is 37.0 Å². The molecule has 0 aliphatic carbocycles. The third kappa shape index (κ3) is 68.6. The number of rotatable bonds is 76. The van der Waals surface area contributed by atoms with E-state index in [-0.39, 0.29) is 25.7 Å². The summed E-state index contributed by atoms with van der Waals surface area (Å²) >= 11 is 0. The number of unbranched alkanes of at least 4 members (excludes halogenated alkanes) is 50. The van der Waals surface area contributed by atoms with E-state index < -0.39 is 97.5 Å². The Morgan fingerprint density at radius 1 is 0.255 bits per heavy atom. The number of phosphoric ester groups is 2. The van der Waals surface area contributed by atoms with Gasteiger partial charge in [0.25, 0.3) is 0 Å². The van der Waals surface area contributed by atoms with Crippen LogP contribution in [0, 0.1) is 0 Å². The zero-order valence-electron chi connectivity index (χ0n) is 60.9. The number of hydrogen-bond acceptors (Lipinski definition) is 15. The first-order chi connectivity index (χ1) is 45.7.